The molecule has 0 unspecified atom stereocenters. The predicted octanol–water partition coefficient (Wildman–Crippen LogP) is 2.45. The number of fused-ring (bicyclic) bond motifs is 3. The van der Waals surface area contributed by atoms with Crippen molar-refractivity contribution in [2.45, 2.75) is 13.0 Å². The topological polar surface area (TPSA) is 140 Å². The molecule has 0 radical (unpaired) electrons. The molecule has 0 saturated heterocycles. The van der Waals surface area contributed by atoms with Gasteiger partial charge >= 0.3 is 5.97 Å². The minimum absolute atomic E-state index is 0.0157. The molecule has 5 rings (SSSR count). The van der Waals surface area contributed by atoms with Crippen LogP contribution in [-0.2, 0) is 13.0 Å². The summed E-state index contributed by atoms with van der Waals surface area (Å²) >= 11 is 0. The average molecular weight is 466 g/mol. The number of pyridine rings is 2. The van der Waals surface area contributed by atoms with Crippen molar-refractivity contribution < 1.29 is 28.2 Å². The minimum atomic E-state index is -1.43. The Balaban J connectivity index is 1.89. The number of carbonyl (C=O) groups excluding carboxylic acids is 1. The smallest absolute Gasteiger partial charge is 0.353 e. The SMILES string of the molecule is NC(=O)c1cnc(F)c(Cn2c(C(=O)O)c(-c3ccc[nH]c3=O)c3c4c(c(F)cc32)CCO4)c1. The second-order valence-corrected chi connectivity index (χ2v) is 7.72. The van der Waals surface area contributed by atoms with E-state index in [2.05, 4.69) is 9.97 Å². The van der Waals surface area contributed by atoms with Crippen LogP contribution in [0.25, 0.3) is 22.0 Å². The number of halogens is 2. The Bertz CT molecular complexity index is 1570. The van der Waals surface area contributed by atoms with Crippen LogP contribution in [0, 0.1) is 11.8 Å². The second-order valence-electron chi connectivity index (χ2n) is 7.72. The summed E-state index contributed by atoms with van der Waals surface area (Å²) in [6.07, 6.45) is 2.62. The van der Waals surface area contributed by atoms with E-state index in [0.717, 1.165) is 22.9 Å². The lowest BCUT2D eigenvalue weighted by Crippen LogP contribution is -2.16. The van der Waals surface area contributed by atoms with Crippen LogP contribution in [0.3, 0.4) is 0 Å². The number of amides is 1. The van der Waals surface area contributed by atoms with Gasteiger partial charge in [0.05, 0.1) is 35.2 Å². The summed E-state index contributed by atoms with van der Waals surface area (Å²) in [6, 6.07) is 5.25. The molecule has 11 heteroatoms. The van der Waals surface area contributed by atoms with Crippen molar-refractivity contribution in [3.63, 3.8) is 0 Å². The van der Waals surface area contributed by atoms with Gasteiger partial charge in [0.15, 0.2) is 0 Å². The highest BCUT2D eigenvalue weighted by atomic mass is 19.1. The van der Waals surface area contributed by atoms with Gasteiger partial charge in [-0.2, -0.15) is 4.39 Å². The van der Waals surface area contributed by atoms with Crippen molar-refractivity contribution in [2.24, 2.45) is 5.73 Å². The number of aromatic nitrogens is 3. The summed E-state index contributed by atoms with van der Waals surface area (Å²) in [5.74, 6) is -3.72. The summed E-state index contributed by atoms with van der Waals surface area (Å²) in [5, 5.41) is 10.4. The quantitative estimate of drug-likeness (QED) is 0.386. The molecule has 3 aromatic heterocycles. The lowest BCUT2D eigenvalue weighted by Gasteiger charge is -2.11. The maximum absolute atomic E-state index is 15.0. The minimum Gasteiger partial charge on any atom is -0.492 e. The molecule has 0 aliphatic carbocycles. The van der Waals surface area contributed by atoms with E-state index >= 15 is 0 Å². The van der Waals surface area contributed by atoms with Crippen LogP contribution in [0.2, 0.25) is 0 Å². The molecule has 0 fully saturated rings. The van der Waals surface area contributed by atoms with Gasteiger partial charge in [-0.25, -0.2) is 14.2 Å². The average Bonchev–Trinajstić information content (AvgIpc) is 3.39. The van der Waals surface area contributed by atoms with E-state index in [9.17, 15) is 28.3 Å². The van der Waals surface area contributed by atoms with Crippen molar-refractivity contribution in [1.82, 2.24) is 14.5 Å². The molecular weight excluding hydrogens is 450 g/mol. The number of nitrogens with zero attached hydrogens (tertiary/aromatic N) is 2. The molecule has 0 saturated carbocycles. The van der Waals surface area contributed by atoms with Crippen LogP contribution < -0.4 is 16.0 Å². The maximum atomic E-state index is 15.0. The summed E-state index contributed by atoms with van der Waals surface area (Å²) < 4.78 is 36.3. The highest BCUT2D eigenvalue weighted by Gasteiger charge is 2.32. The molecule has 1 aromatic carbocycles. The fourth-order valence-electron chi connectivity index (χ4n) is 4.31. The van der Waals surface area contributed by atoms with Gasteiger partial charge in [-0.15, -0.1) is 0 Å². The van der Waals surface area contributed by atoms with Crippen LogP contribution in [-0.4, -0.2) is 38.1 Å². The van der Waals surface area contributed by atoms with E-state index in [4.69, 9.17) is 10.5 Å². The fraction of sp³-hybridized carbons (Fsp3) is 0.130. The van der Waals surface area contributed by atoms with Gasteiger partial charge in [-0.3, -0.25) is 9.59 Å². The van der Waals surface area contributed by atoms with Crippen LogP contribution in [0.4, 0.5) is 8.78 Å². The highest BCUT2D eigenvalue weighted by molar-refractivity contribution is 6.11. The molecular formula is C23H16F2N4O5. The second kappa shape index (κ2) is 7.80. The van der Waals surface area contributed by atoms with Crippen molar-refractivity contribution >= 4 is 22.8 Å². The Morgan fingerprint density at radius 2 is 2.09 bits per heavy atom. The Morgan fingerprint density at radius 1 is 1.29 bits per heavy atom. The monoisotopic (exact) mass is 466 g/mol. The van der Waals surface area contributed by atoms with Gasteiger partial charge < -0.3 is 25.1 Å². The van der Waals surface area contributed by atoms with Crippen molar-refractivity contribution in [3.05, 3.63) is 81.2 Å². The molecule has 4 N–H and O–H groups in total. The number of benzene rings is 1. The zero-order chi connectivity index (χ0) is 24.1. The molecule has 0 spiro atoms. The van der Waals surface area contributed by atoms with Gasteiger partial charge in [-0.1, -0.05) is 0 Å². The standard InChI is InChI=1S/C23H16F2N4O5/c24-14-7-15-17(19-12(14)3-5-34-19)16(13-2-1-4-27-22(13)31)18(23(32)33)29(15)9-11-6-10(21(26)30)8-28-20(11)25/h1-2,4,6-8H,3,5,9H2,(H2,26,30)(H,27,31)(H,32,33). The molecule has 1 aliphatic heterocycles. The summed E-state index contributed by atoms with van der Waals surface area (Å²) in [7, 11) is 0. The number of carboxylic acid groups (broad SMARTS) is 1. The number of carboxylic acids is 1. The summed E-state index contributed by atoms with van der Waals surface area (Å²) in [6.45, 7) is -0.246. The first-order chi connectivity index (χ1) is 16.3. The van der Waals surface area contributed by atoms with Gasteiger partial charge in [-0.05, 0) is 24.3 Å². The summed E-state index contributed by atoms with van der Waals surface area (Å²) in [4.78, 5) is 42.7. The molecule has 34 heavy (non-hydrogen) atoms. The Labute approximate surface area is 189 Å². The number of ether oxygens (including phenoxy) is 1. The fourth-order valence-corrected chi connectivity index (χ4v) is 4.31. The van der Waals surface area contributed by atoms with Gasteiger partial charge in [0, 0.05) is 35.5 Å². The molecule has 4 heterocycles. The number of hydrogen-bond donors (Lipinski definition) is 3. The molecule has 0 bridgehead atoms. The van der Waals surface area contributed by atoms with Crippen molar-refractivity contribution in [3.8, 4) is 16.9 Å². The van der Waals surface area contributed by atoms with E-state index in [1.165, 1.54) is 18.3 Å². The third-order valence-corrected chi connectivity index (χ3v) is 5.77. The van der Waals surface area contributed by atoms with E-state index < -0.39 is 35.7 Å². The lowest BCUT2D eigenvalue weighted by atomic mass is 10.00. The first-order valence-electron chi connectivity index (χ1n) is 10.1. The third-order valence-electron chi connectivity index (χ3n) is 5.77. The van der Waals surface area contributed by atoms with Crippen molar-refractivity contribution in [1.29, 1.82) is 0 Å². The highest BCUT2D eigenvalue weighted by Crippen LogP contribution is 2.44. The van der Waals surface area contributed by atoms with Crippen LogP contribution in [0.1, 0.15) is 32.0 Å². The molecule has 172 valence electrons. The number of nitrogens with one attached hydrogen (secondary N) is 1. The third kappa shape index (κ3) is 3.20. The number of hydrogen-bond acceptors (Lipinski definition) is 5. The van der Waals surface area contributed by atoms with E-state index in [1.807, 2.05) is 0 Å². The molecule has 4 aromatic rings. The Morgan fingerprint density at radius 3 is 2.79 bits per heavy atom. The maximum Gasteiger partial charge on any atom is 0.353 e. The van der Waals surface area contributed by atoms with Crippen LogP contribution >= 0.6 is 0 Å². The van der Waals surface area contributed by atoms with Gasteiger partial charge in [0.1, 0.15) is 17.3 Å². The number of primary amides is 1. The van der Waals surface area contributed by atoms with E-state index in [1.54, 1.807) is 0 Å². The molecule has 1 aliphatic rings. The number of H-pyrrole nitrogens is 1. The van der Waals surface area contributed by atoms with Crippen LogP contribution in [0.5, 0.6) is 5.75 Å². The molecule has 0 atom stereocenters. The number of nitrogens with two attached hydrogens (primary N) is 1. The lowest BCUT2D eigenvalue weighted by molar-refractivity contribution is 0.0686. The Hall–Kier alpha value is -4.54. The largest absolute Gasteiger partial charge is 0.492 e. The van der Waals surface area contributed by atoms with Crippen LogP contribution in [0.15, 0.2) is 41.5 Å². The number of aromatic amines is 1. The normalized spacial score (nSPS) is 12.5. The first-order valence-corrected chi connectivity index (χ1v) is 10.1. The zero-order valence-electron chi connectivity index (χ0n) is 17.4. The predicted molar refractivity (Wildman–Crippen MR) is 116 cm³/mol. The first kappa shape index (κ1) is 21.3. The van der Waals surface area contributed by atoms with Gasteiger partial charge in [0.2, 0.25) is 11.9 Å². The summed E-state index contributed by atoms with van der Waals surface area (Å²) in [5.41, 5.74) is 4.48. The molecule has 1 amide bonds. The number of carbonyl (C=O) groups is 2. The number of aromatic carboxylic acids is 1. The van der Waals surface area contributed by atoms with E-state index in [-0.39, 0.29) is 63.2 Å². The molecule has 9 nitrogen and oxygen atoms in total. The van der Waals surface area contributed by atoms with Crippen molar-refractivity contribution in [2.75, 3.05) is 6.61 Å². The van der Waals surface area contributed by atoms with E-state index in [0.29, 0.717) is 0 Å². The zero-order valence-corrected chi connectivity index (χ0v) is 17.4. The van der Waals surface area contributed by atoms with Gasteiger partial charge in [0.25, 0.3) is 5.56 Å². The number of rotatable bonds is 5. The Kier molecular flexibility index (Phi) is 4.89.